The third-order valence-electron chi connectivity index (χ3n) is 3.14. The van der Waals surface area contributed by atoms with Crippen LogP contribution in [0.1, 0.15) is 22.0 Å². The van der Waals surface area contributed by atoms with Crippen LogP contribution >= 0.6 is 27.3 Å². The average molecular weight is 340 g/mol. The quantitative estimate of drug-likeness (QED) is 0.875. The van der Waals surface area contributed by atoms with E-state index < -0.39 is 0 Å². The minimum atomic E-state index is 0.335. The molecule has 1 unspecified atom stereocenters. The fraction of sp³-hybridized carbons (Fsp3) is 0.333. The molecule has 0 spiro atoms. The number of benzene rings is 1. The molecule has 4 heteroatoms. The summed E-state index contributed by atoms with van der Waals surface area (Å²) in [5.74, 6) is 0.913. The van der Waals surface area contributed by atoms with Gasteiger partial charge in [0.15, 0.2) is 0 Å². The Labute approximate surface area is 126 Å². The third-order valence-corrected chi connectivity index (χ3v) is 5.39. The van der Waals surface area contributed by atoms with Gasteiger partial charge in [-0.15, -0.1) is 11.3 Å². The van der Waals surface area contributed by atoms with Gasteiger partial charge in [0, 0.05) is 10.9 Å². The van der Waals surface area contributed by atoms with E-state index in [1.807, 2.05) is 19.2 Å². The monoisotopic (exact) mass is 339 g/mol. The second-order valence-electron chi connectivity index (χ2n) is 4.50. The third kappa shape index (κ3) is 3.59. The first-order valence-corrected chi connectivity index (χ1v) is 7.81. The first-order chi connectivity index (χ1) is 9.13. The summed E-state index contributed by atoms with van der Waals surface area (Å²) >= 11 is 5.39. The number of aryl methyl sites for hydroxylation is 1. The number of likely N-dealkylation sites (N-methyl/N-ethyl adjacent to an activating group) is 1. The number of methoxy groups -OCH3 is 1. The largest absolute Gasteiger partial charge is 0.497 e. The van der Waals surface area contributed by atoms with Gasteiger partial charge in [-0.05, 0) is 65.6 Å². The van der Waals surface area contributed by atoms with Crippen LogP contribution in [0.15, 0.2) is 34.1 Å². The van der Waals surface area contributed by atoms with Gasteiger partial charge in [0.05, 0.1) is 10.9 Å². The predicted octanol–water partition coefficient (Wildman–Crippen LogP) is 4.33. The van der Waals surface area contributed by atoms with Crippen LogP contribution in [0.3, 0.4) is 0 Å². The molecule has 2 rings (SSSR count). The number of hydrogen-bond acceptors (Lipinski definition) is 3. The molecular weight excluding hydrogens is 322 g/mol. The van der Waals surface area contributed by atoms with Crippen LogP contribution in [0.4, 0.5) is 0 Å². The molecule has 0 aliphatic rings. The molecular formula is C15H18BrNOS. The molecule has 1 aromatic carbocycles. The van der Waals surface area contributed by atoms with E-state index in [1.165, 1.54) is 19.8 Å². The average Bonchev–Trinajstić information content (AvgIpc) is 2.76. The summed E-state index contributed by atoms with van der Waals surface area (Å²) in [6.45, 7) is 2.13. The van der Waals surface area contributed by atoms with Crippen molar-refractivity contribution in [1.29, 1.82) is 0 Å². The molecule has 1 atom stereocenters. The Hall–Kier alpha value is -0.840. The van der Waals surface area contributed by atoms with Crippen LogP contribution in [-0.4, -0.2) is 14.2 Å². The van der Waals surface area contributed by atoms with Crippen molar-refractivity contribution in [2.75, 3.05) is 14.2 Å². The SMILES string of the molecule is CNC(Cc1cccc(OC)c1)c1cc(C)c(Br)s1. The zero-order chi connectivity index (χ0) is 13.8. The van der Waals surface area contributed by atoms with Crippen LogP contribution in [0.25, 0.3) is 0 Å². The lowest BCUT2D eigenvalue weighted by molar-refractivity contribution is 0.414. The van der Waals surface area contributed by atoms with Gasteiger partial charge in [-0.2, -0.15) is 0 Å². The van der Waals surface area contributed by atoms with Crippen molar-refractivity contribution in [1.82, 2.24) is 5.32 Å². The highest BCUT2D eigenvalue weighted by atomic mass is 79.9. The first kappa shape index (κ1) is 14.6. The number of ether oxygens (including phenoxy) is 1. The second-order valence-corrected chi connectivity index (χ2v) is 6.90. The summed E-state index contributed by atoms with van der Waals surface area (Å²) in [5.41, 5.74) is 2.58. The molecule has 102 valence electrons. The Kier molecular flexibility index (Phi) is 5.02. The smallest absolute Gasteiger partial charge is 0.119 e. The number of thiophene rings is 1. The minimum absolute atomic E-state index is 0.335. The lowest BCUT2D eigenvalue weighted by Crippen LogP contribution is -2.17. The summed E-state index contributed by atoms with van der Waals surface area (Å²) < 4.78 is 6.49. The normalized spacial score (nSPS) is 12.4. The van der Waals surface area contributed by atoms with Crippen LogP contribution < -0.4 is 10.1 Å². The molecule has 0 fully saturated rings. The van der Waals surface area contributed by atoms with E-state index in [2.05, 4.69) is 46.4 Å². The van der Waals surface area contributed by atoms with Crippen molar-refractivity contribution in [2.45, 2.75) is 19.4 Å². The highest BCUT2D eigenvalue weighted by molar-refractivity contribution is 9.11. The van der Waals surface area contributed by atoms with Crippen molar-refractivity contribution in [3.05, 3.63) is 50.1 Å². The maximum atomic E-state index is 5.27. The van der Waals surface area contributed by atoms with E-state index in [9.17, 15) is 0 Å². The Morgan fingerprint density at radius 2 is 2.16 bits per heavy atom. The molecule has 1 heterocycles. The number of nitrogens with one attached hydrogen (secondary N) is 1. The molecule has 0 bridgehead atoms. The Bertz CT molecular complexity index is 533. The predicted molar refractivity (Wildman–Crippen MR) is 85.3 cm³/mol. The number of rotatable bonds is 5. The summed E-state index contributed by atoms with van der Waals surface area (Å²) in [6.07, 6.45) is 0.958. The van der Waals surface area contributed by atoms with Crippen molar-refractivity contribution in [3.8, 4) is 5.75 Å². The van der Waals surface area contributed by atoms with Crippen molar-refractivity contribution in [3.63, 3.8) is 0 Å². The van der Waals surface area contributed by atoms with Gasteiger partial charge in [-0.1, -0.05) is 12.1 Å². The Morgan fingerprint density at radius 3 is 2.74 bits per heavy atom. The zero-order valence-corrected chi connectivity index (χ0v) is 13.8. The maximum absolute atomic E-state index is 5.27. The summed E-state index contributed by atoms with van der Waals surface area (Å²) in [7, 11) is 3.71. The summed E-state index contributed by atoms with van der Waals surface area (Å²) in [4.78, 5) is 1.36. The van der Waals surface area contributed by atoms with Crippen molar-refractivity contribution >= 4 is 27.3 Å². The highest BCUT2D eigenvalue weighted by Crippen LogP contribution is 2.33. The van der Waals surface area contributed by atoms with Crippen molar-refractivity contribution in [2.24, 2.45) is 0 Å². The lowest BCUT2D eigenvalue weighted by Gasteiger charge is -2.15. The molecule has 1 N–H and O–H groups in total. The topological polar surface area (TPSA) is 21.3 Å². The minimum Gasteiger partial charge on any atom is -0.497 e. The fourth-order valence-corrected chi connectivity index (χ4v) is 3.72. The van der Waals surface area contributed by atoms with E-state index in [0.29, 0.717) is 6.04 Å². The number of hydrogen-bond donors (Lipinski definition) is 1. The molecule has 2 nitrogen and oxygen atoms in total. The second kappa shape index (κ2) is 6.55. The molecule has 0 saturated carbocycles. The molecule has 1 aromatic heterocycles. The molecule has 19 heavy (non-hydrogen) atoms. The van der Waals surface area contributed by atoms with E-state index in [0.717, 1.165) is 12.2 Å². The molecule has 0 saturated heterocycles. The van der Waals surface area contributed by atoms with Crippen LogP contribution in [0.2, 0.25) is 0 Å². The van der Waals surface area contributed by atoms with Gasteiger partial charge in [0.2, 0.25) is 0 Å². The van der Waals surface area contributed by atoms with E-state index in [-0.39, 0.29) is 0 Å². The summed E-state index contributed by atoms with van der Waals surface area (Å²) in [5, 5.41) is 3.39. The van der Waals surface area contributed by atoms with Gasteiger partial charge in [0.25, 0.3) is 0 Å². The maximum Gasteiger partial charge on any atom is 0.119 e. The van der Waals surface area contributed by atoms with Crippen LogP contribution in [-0.2, 0) is 6.42 Å². The zero-order valence-electron chi connectivity index (χ0n) is 11.4. The first-order valence-electron chi connectivity index (χ1n) is 6.20. The molecule has 2 aromatic rings. The Balaban J connectivity index is 2.18. The van der Waals surface area contributed by atoms with Gasteiger partial charge in [0.1, 0.15) is 5.75 Å². The van der Waals surface area contributed by atoms with E-state index in [1.54, 1.807) is 18.4 Å². The van der Waals surface area contributed by atoms with Gasteiger partial charge >= 0.3 is 0 Å². The van der Waals surface area contributed by atoms with Crippen LogP contribution in [0.5, 0.6) is 5.75 Å². The molecule has 0 aliphatic carbocycles. The fourth-order valence-electron chi connectivity index (χ4n) is 2.04. The lowest BCUT2D eigenvalue weighted by atomic mass is 10.0. The molecule has 0 amide bonds. The number of halogens is 1. The van der Waals surface area contributed by atoms with E-state index >= 15 is 0 Å². The highest BCUT2D eigenvalue weighted by Gasteiger charge is 2.14. The van der Waals surface area contributed by atoms with E-state index in [4.69, 9.17) is 4.74 Å². The molecule has 0 aliphatic heterocycles. The standard InChI is InChI=1S/C15H18BrNOS/c1-10-7-14(19-15(10)16)13(17-2)9-11-5-4-6-12(8-11)18-3/h4-8,13,17H,9H2,1-3H3. The summed E-state index contributed by atoms with van der Waals surface area (Å²) in [6, 6.07) is 10.8. The van der Waals surface area contributed by atoms with Crippen LogP contribution in [0, 0.1) is 6.92 Å². The molecule has 0 radical (unpaired) electrons. The van der Waals surface area contributed by atoms with Gasteiger partial charge in [-0.3, -0.25) is 0 Å². The van der Waals surface area contributed by atoms with Gasteiger partial charge in [-0.25, -0.2) is 0 Å². The van der Waals surface area contributed by atoms with Gasteiger partial charge < -0.3 is 10.1 Å². The Morgan fingerprint density at radius 1 is 1.37 bits per heavy atom. The van der Waals surface area contributed by atoms with Crippen molar-refractivity contribution < 1.29 is 4.74 Å².